The highest BCUT2D eigenvalue weighted by Gasteiger charge is 2.13. The van der Waals surface area contributed by atoms with E-state index in [1.165, 1.54) is 12.1 Å². The Balaban J connectivity index is 2.30. The van der Waals surface area contributed by atoms with Gasteiger partial charge in [-0.2, -0.15) is 0 Å². The molecule has 22 heavy (non-hydrogen) atoms. The van der Waals surface area contributed by atoms with E-state index in [1.807, 2.05) is 19.0 Å². The highest BCUT2D eigenvalue weighted by molar-refractivity contribution is 7.89. The zero-order valence-electron chi connectivity index (χ0n) is 12.8. The second-order valence-electron chi connectivity index (χ2n) is 5.11. The minimum absolute atomic E-state index is 0.000770. The van der Waals surface area contributed by atoms with E-state index in [-0.39, 0.29) is 23.8 Å². The second kappa shape index (κ2) is 8.82. The van der Waals surface area contributed by atoms with E-state index in [4.69, 9.17) is 0 Å². The first kappa shape index (κ1) is 18.5. The molecule has 0 saturated carbocycles. The third-order valence-electron chi connectivity index (χ3n) is 2.87. The average Bonchev–Trinajstić information content (AvgIpc) is 2.43. The van der Waals surface area contributed by atoms with Crippen molar-refractivity contribution in [1.29, 1.82) is 0 Å². The van der Waals surface area contributed by atoms with Crippen molar-refractivity contribution in [2.75, 3.05) is 33.7 Å². The number of nitrogens with zero attached hydrogens (tertiary/aromatic N) is 1. The molecule has 0 bridgehead atoms. The van der Waals surface area contributed by atoms with Crippen LogP contribution in [0.2, 0.25) is 0 Å². The third kappa shape index (κ3) is 6.97. The summed E-state index contributed by atoms with van der Waals surface area (Å²) in [5.41, 5.74) is 0. The SMILES string of the molecule is CN(C)CCCNC(=O)CCNS(=O)(=O)c1ccc(F)cc1. The molecule has 0 spiro atoms. The van der Waals surface area contributed by atoms with Crippen LogP contribution in [-0.4, -0.2) is 53.0 Å². The molecular formula is C14H22FN3O3S. The monoisotopic (exact) mass is 331 g/mol. The fourth-order valence-electron chi connectivity index (χ4n) is 1.71. The summed E-state index contributed by atoms with van der Waals surface area (Å²) in [6.45, 7) is 1.43. The molecule has 2 N–H and O–H groups in total. The fourth-order valence-corrected chi connectivity index (χ4v) is 2.74. The maximum Gasteiger partial charge on any atom is 0.240 e. The van der Waals surface area contributed by atoms with Crippen LogP contribution in [0.3, 0.4) is 0 Å². The van der Waals surface area contributed by atoms with Crippen LogP contribution < -0.4 is 10.0 Å². The maximum absolute atomic E-state index is 12.8. The molecule has 0 aliphatic carbocycles. The number of amides is 1. The number of nitrogens with one attached hydrogen (secondary N) is 2. The van der Waals surface area contributed by atoms with Crippen molar-refractivity contribution in [3.8, 4) is 0 Å². The van der Waals surface area contributed by atoms with Gasteiger partial charge in [0.05, 0.1) is 4.90 Å². The van der Waals surface area contributed by atoms with Crippen LogP contribution in [0.4, 0.5) is 4.39 Å². The summed E-state index contributed by atoms with van der Waals surface area (Å²) >= 11 is 0. The van der Waals surface area contributed by atoms with Gasteiger partial charge < -0.3 is 10.2 Å². The molecule has 124 valence electrons. The van der Waals surface area contributed by atoms with Crippen LogP contribution in [0.1, 0.15) is 12.8 Å². The van der Waals surface area contributed by atoms with Crippen LogP contribution in [-0.2, 0) is 14.8 Å². The summed E-state index contributed by atoms with van der Waals surface area (Å²) in [5.74, 6) is -0.711. The van der Waals surface area contributed by atoms with Gasteiger partial charge in [-0.1, -0.05) is 0 Å². The lowest BCUT2D eigenvalue weighted by atomic mass is 10.3. The second-order valence-corrected chi connectivity index (χ2v) is 6.88. The van der Waals surface area contributed by atoms with E-state index in [1.54, 1.807) is 0 Å². The molecule has 6 nitrogen and oxygen atoms in total. The zero-order chi connectivity index (χ0) is 16.6. The van der Waals surface area contributed by atoms with Crippen molar-refractivity contribution >= 4 is 15.9 Å². The van der Waals surface area contributed by atoms with Crippen molar-refractivity contribution in [2.24, 2.45) is 0 Å². The average molecular weight is 331 g/mol. The molecule has 0 aliphatic heterocycles. The number of sulfonamides is 1. The van der Waals surface area contributed by atoms with E-state index in [2.05, 4.69) is 10.0 Å². The third-order valence-corrected chi connectivity index (χ3v) is 4.35. The first-order valence-corrected chi connectivity index (χ1v) is 8.46. The summed E-state index contributed by atoms with van der Waals surface area (Å²) in [6.07, 6.45) is 0.891. The number of carbonyl (C=O) groups excluding carboxylic acids is 1. The van der Waals surface area contributed by atoms with Gasteiger partial charge >= 0.3 is 0 Å². The normalized spacial score (nSPS) is 11.6. The standard InChI is InChI=1S/C14H22FN3O3S/c1-18(2)11-3-9-16-14(19)8-10-17-22(20,21)13-6-4-12(15)5-7-13/h4-7,17H,3,8-11H2,1-2H3,(H,16,19). The molecule has 8 heteroatoms. The Morgan fingerprint density at radius 3 is 2.41 bits per heavy atom. The molecule has 1 aromatic carbocycles. The topological polar surface area (TPSA) is 78.5 Å². The smallest absolute Gasteiger partial charge is 0.240 e. The summed E-state index contributed by atoms with van der Waals surface area (Å²) < 4.78 is 38.9. The summed E-state index contributed by atoms with van der Waals surface area (Å²) in [4.78, 5) is 13.5. The lowest BCUT2D eigenvalue weighted by Crippen LogP contribution is -2.32. The summed E-state index contributed by atoms with van der Waals surface area (Å²) in [7, 11) is 0.188. The Kier molecular flexibility index (Phi) is 7.43. The lowest BCUT2D eigenvalue weighted by molar-refractivity contribution is -0.120. The molecule has 0 aliphatic rings. The van der Waals surface area contributed by atoms with Gasteiger partial charge in [0, 0.05) is 19.5 Å². The van der Waals surface area contributed by atoms with Gasteiger partial charge in [0.2, 0.25) is 15.9 Å². The number of hydrogen-bond acceptors (Lipinski definition) is 4. The van der Waals surface area contributed by atoms with E-state index in [0.29, 0.717) is 6.54 Å². The van der Waals surface area contributed by atoms with Crippen molar-refractivity contribution in [3.63, 3.8) is 0 Å². The predicted octanol–water partition coefficient (Wildman–Crippen LogP) is 0.562. The van der Waals surface area contributed by atoms with Crippen LogP contribution >= 0.6 is 0 Å². The molecular weight excluding hydrogens is 309 g/mol. The molecule has 0 unspecified atom stereocenters. The Morgan fingerprint density at radius 2 is 1.82 bits per heavy atom. The first-order valence-electron chi connectivity index (χ1n) is 6.98. The fraction of sp³-hybridized carbons (Fsp3) is 0.500. The Hall–Kier alpha value is -1.51. The number of halogens is 1. The van der Waals surface area contributed by atoms with E-state index in [9.17, 15) is 17.6 Å². The summed E-state index contributed by atoms with van der Waals surface area (Å²) in [6, 6.07) is 4.51. The van der Waals surface area contributed by atoms with Gasteiger partial charge in [-0.25, -0.2) is 17.5 Å². The van der Waals surface area contributed by atoms with Crippen LogP contribution in [0.15, 0.2) is 29.2 Å². The Labute approximate surface area is 130 Å². The van der Waals surface area contributed by atoms with E-state index >= 15 is 0 Å². The van der Waals surface area contributed by atoms with Gasteiger partial charge in [0.25, 0.3) is 0 Å². The first-order chi connectivity index (χ1) is 10.3. The van der Waals surface area contributed by atoms with Gasteiger partial charge in [-0.15, -0.1) is 0 Å². The largest absolute Gasteiger partial charge is 0.356 e. The van der Waals surface area contributed by atoms with Crippen molar-refractivity contribution in [1.82, 2.24) is 14.9 Å². The number of benzene rings is 1. The molecule has 0 aromatic heterocycles. The molecule has 1 aromatic rings. The quantitative estimate of drug-likeness (QED) is 0.648. The highest BCUT2D eigenvalue weighted by Crippen LogP contribution is 2.09. The molecule has 1 amide bonds. The van der Waals surface area contributed by atoms with Crippen LogP contribution in [0.25, 0.3) is 0 Å². The lowest BCUT2D eigenvalue weighted by Gasteiger charge is -2.10. The highest BCUT2D eigenvalue weighted by atomic mass is 32.2. The van der Waals surface area contributed by atoms with Crippen LogP contribution in [0, 0.1) is 5.82 Å². The van der Waals surface area contributed by atoms with E-state index < -0.39 is 15.8 Å². The van der Waals surface area contributed by atoms with Gasteiger partial charge in [-0.05, 0) is 51.3 Å². The van der Waals surface area contributed by atoms with Crippen LogP contribution in [0.5, 0.6) is 0 Å². The summed E-state index contributed by atoms with van der Waals surface area (Å²) in [5, 5.41) is 2.72. The predicted molar refractivity (Wildman–Crippen MR) is 82.4 cm³/mol. The number of hydrogen-bond donors (Lipinski definition) is 2. The molecule has 0 fully saturated rings. The molecule has 0 radical (unpaired) electrons. The van der Waals surface area contributed by atoms with Crippen molar-refractivity contribution in [3.05, 3.63) is 30.1 Å². The van der Waals surface area contributed by atoms with Gasteiger partial charge in [0.15, 0.2) is 0 Å². The molecule has 1 rings (SSSR count). The number of carbonyl (C=O) groups is 1. The minimum atomic E-state index is -3.71. The molecule has 0 atom stereocenters. The zero-order valence-corrected chi connectivity index (χ0v) is 13.6. The Bertz CT molecular complexity index is 574. The Morgan fingerprint density at radius 1 is 1.18 bits per heavy atom. The molecule has 0 saturated heterocycles. The van der Waals surface area contributed by atoms with Crippen molar-refractivity contribution < 1.29 is 17.6 Å². The maximum atomic E-state index is 12.8. The molecule has 0 heterocycles. The minimum Gasteiger partial charge on any atom is -0.356 e. The number of rotatable bonds is 9. The van der Waals surface area contributed by atoms with E-state index in [0.717, 1.165) is 25.1 Å². The van der Waals surface area contributed by atoms with Gasteiger partial charge in [0.1, 0.15) is 5.82 Å². The van der Waals surface area contributed by atoms with Crippen molar-refractivity contribution in [2.45, 2.75) is 17.7 Å². The van der Waals surface area contributed by atoms with Gasteiger partial charge in [-0.3, -0.25) is 4.79 Å².